The molecule has 31 heavy (non-hydrogen) atoms. The van der Waals surface area contributed by atoms with Crippen LogP contribution >= 0.6 is 0 Å². The fourth-order valence-corrected chi connectivity index (χ4v) is 4.37. The highest BCUT2D eigenvalue weighted by Gasteiger charge is 2.38. The quantitative estimate of drug-likeness (QED) is 0.717. The number of anilines is 2. The van der Waals surface area contributed by atoms with Crippen molar-refractivity contribution in [2.75, 3.05) is 42.5 Å². The Morgan fingerprint density at radius 3 is 2.52 bits per heavy atom. The van der Waals surface area contributed by atoms with Gasteiger partial charge in [-0.05, 0) is 37.5 Å². The largest absolute Gasteiger partial charge is 0.353 e. The van der Waals surface area contributed by atoms with Crippen molar-refractivity contribution in [2.24, 2.45) is 5.92 Å². The summed E-state index contributed by atoms with van der Waals surface area (Å²) in [4.78, 5) is 40.1. The highest BCUT2D eigenvalue weighted by molar-refractivity contribution is 6.00. The molecule has 2 saturated heterocycles. The number of aryl methyl sites for hydroxylation is 2. The average molecular weight is 422 g/mol. The van der Waals surface area contributed by atoms with Crippen LogP contribution in [-0.2, 0) is 16.0 Å². The van der Waals surface area contributed by atoms with E-state index in [4.69, 9.17) is 0 Å². The molecule has 7 nitrogen and oxygen atoms in total. The smallest absolute Gasteiger partial charge is 0.228 e. The molecule has 7 heteroatoms. The van der Waals surface area contributed by atoms with Gasteiger partial charge in [-0.15, -0.1) is 0 Å². The number of piperazine rings is 1. The van der Waals surface area contributed by atoms with Crippen LogP contribution < -0.4 is 9.80 Å². The van der Waals surface area contributed by atoms with E-state index in [1.54, 1.807) is 11.2 Å². The fourth-order valence-electron chi connectivity index (χ4n) is 4.37. The predicted octanol–water partition coefficient (Wildman–Crippen LogP) is 2.83. The summed E-state index contributed by atoms with van der Waals surface area (Å²) in [5.74, 6) is 0.771. The summed E-state index contributed by atoms with van der Waals surface area (Å²) >= 11 is 0. The van der Waals surface area contributed by atoms with Gasteiger partial charge in [-0.25, -0.2) is 9.97 Å². The molecule has 0 bridgehead atoms. The fraction of sp³-hybridized carbons (Fsp3) is 0.500. The van der Waals surface area contributed by atoms with Crippen LogP contribution in [0.1, 0.15) is 37.4 Å². The molecule has 1 atom stereocenters. The number of amides is 2. The first-order valence-electron chi connectivity index (χ1n) is 11.3. The number of aromatic nitrogens is 2. The van der Waals surface area contributed by atoms with Gasteiger partial charge in [0, 0.05) is 56.6 Å². The predicted molar refractivity (Wildman–Crippen MR) is 121 cm³/mol. The van der Waals surface area contributed by atoms with E-state index >= 15 is 0 Å². The lowest BCUT2D eigenvalue weighted by Gasteiger charge is -2.36. The van der Waals surface area contributed by atoms with E-state index in [0.29, 0.717) is 26.1 Å². The van der Waals surface area contributed by atoms with E-state index < -0.39 is 0 Å². The van der Waals surface area contributed by atoms with Crippen LogP contribution in [0, 0.1) is 12.8 Å². The highest BCUT2D eigenvalue weighted by Crippen LogP contribution is 2.27. The summed E-state index contributed by atoms with van der Waals surface area (Å²) < 4.78 is 0. The molecule has 2 amide bonds. The minimum atomic E-state index is -0.264. The van der Waals surface area contributed by atoms with E-state index in [-0.39, 0.29) is 17.7 Å². The van der Waals surface area contributed by atoms with E-state index in [1.807, 2.05) is 30.0 Å². The Hall–Kier alpha value is -2.96. The molecule has 2 fully saturated rings. The maximum atomic E-state index is 13.1. The van der Waals surface area contributed by atoms with Crippen LogP contribution in [-0.4, -0.2) is 59.4 Å². The first-order chi connectivity index (χ1) is 15.0. The minimum absolute atomic E-state index is 0.0368. The Balaban J connectivity index is 1.33. The lowest BCUT2D eigenvalue weighted by Crippen LogP contribution is -2.51. The molecule has 164 valence electrons. The Morgan fingerprint density at radius 1 is 1.10 bits per heavy atom. The van der Waals surface area contributed by atoms with Crippen molar-refractivity contribution < 1.29 is 9.59 Å². The normalized spacial score (nSPS) is 19.2. The molecule has 1 unspecified atom stereocenters. The SMILES string of the molecule is CCCCc1ccc(N2CC(C(=O)N3CCN(c4cc(C)ncn4)CC3)CC2=O)cc1. The first kappa shape index (κ1) is 21.3. The second kappa shape index (κ2) is 9.45. The van der Waals surface area contributed by atoms with Gasteiger partial charge < -0.3 is 14.7 Å². The lowest BCUT2D eigenvalue weighted by atomic mass is 10.1. The van der Waals surface area contributed by atoms with Crippen LogP contribution in [0.4, 0.5) is 11.5 Å². The van der Waals surface area contributed by atoms with E-state index in [0.717, 1.165) is 36.7 Å². The molecule has 3 heterocycles. The zero-order chi connectivity index (χ0) is 21.8. The second-order valence-corrected chi connectivity index (χ2v) is 8.51. The molecule has 0 saturated carbocycles. The van der Waals surface area contributed by atoms with Crippen molar-refractivity contribution in [3.8, 4) is 0 Å². The molecule has 4 rings (SSSR count). The van der Waals surface area contributed by atoms with E-state index in [9.17, 15) is 9.59 Å². The zero-order valence-corrected chi connectivity index (χ0v) is 18.5. The number of benzene rings is 1. The number of hydrogen-bond acceptors (Lipinski definition) is 5. The van der Waals surface area contributed by atoms with Gasteiger partial charge in [0.05, 0.1) is 5.92 Å². The topological polar surface area (TPSA) is 69.6 Å². The number of unbranched alkanes of at least 4 members (excludes halogenated alkanes) is 1. The third-order valence-corrected chi connectivity index (χ3v) is 6.25. The van der Waals surface area contributed by atoms with Gasteiger partial charge in [-0.1, -0.05) is 25.5 Å². The van der Waals surface area contributed by atoms with Crippen molar-refractivity contribution in [3.63, 3.8) is 0 Å². The molecule has 2 aliphatic heterocycles. The average Bonchev–Trinajstić information content (AvgIpc) is 3.19. The van der Waals surface area contributed by atoms with Crippen LogP contribution in [0.5, 0.6) is 0 Å². The maximum absolute atomic E-state index is 13.1. The minimum Gasteiger partial charge on any atom is -0.353 e. The molecule has 2 aliphatic rings. The Bertz CT molecular complexity index is 922. The summed E-state index contributed by atoms with van der Waals surface area (Å²) in [5.41, 5.74) is 3.12. The monoisotopic (exact) mass is 421 g/mol. The maximum Gasteiger partial charge on any atom is 0.228 e. The molecule has 0 radical (unpaired) electrons. The van der Waals surface area contributed by atoms with Crippen molar-refractivity contribution in [1.29, 1.82) is 0 Å². The molecular weight excluding hydrogens is 390 g/mol. The van der Waals surface area contributed by atoms with Gasteiger partial charge in [0.25, 0.3) is 0 Å². The molecule has 0 N–H and O–H groups in total. The standard InChI is InChI=1S/C24H31N5O2/c1-3-4-5-19-6-8-21(9-7-19)29-16-20(15-23(29)30)24(31)28-12-10-27(11-13-28)22-14-18(2)25-17-26-22/h6-9,14,17,20H,3-5,10-13,15-16H2,1-2H3. The van der Waals surface area contributed by atoms with Crippen molar-refractivity contribution in [1.82, 2.24) is 14.9 Å². The van der Waals surface area contributed by atoms with Gasteiger partial charge in [0.2, 0.25) is 11.8 Å². The first-order valence-corrected chi connectivity index (χ1v) is 11.3. The van der Waals surface area contributed by atoms with Gasteiger partial charge in [0.15, 0.2) is 0 Å². The van der Waals surface area contributed by atoms with Crippen molar-refractivity contribution in [3.05, 3.63) is 47.9 Å². The number of carbonyl (C=O) groups is 2. The van der Waals surface area contributed by atoms with Gasteiger partial charge in [-0.3, -0.25) is 9.59 Å². The van der Waals surface area contributed by atoms with Crippen LogP contribution in [0.2, 0.25) is 0 Å². The second-order valence-electron chi connectivity index (χ2n) is 8.51. The molecule has 2 aromatic rings. The number of rotatable bonds is 6. The number of nitrogens with zero attached hydrogens (tertiary/aromatic N) is 5. The third kappa shape index (κ3) is 4.86. The molecule has 0 aliphatic carbocycles. The highest BCUT2D eigenvalue weighted by atomic mass is 16.2. The summed E-state index contributed by atoms with van der Waals surface area (Å²) in [5, 5.41) is 0. The molecule has 1 aromatic heterocycles. The zero-order valence-electron chi connectivity index (χ0n) is 18.5. The molecule has 0 spiro atoms. The van der Waals surface area contributed by atoms with Crippen molar-refractivity contribution in [2.45, 2.75) is 39.5 Å². The Labute approximate surface area is 184 Å². The number of carbonyl (C=O) groups excluding carboxylic acids is 2. The van der Waals surface area contributed by atoms with Crippen LogP contribution in [0.25, 0.3) is 0 Å². The van der Waals surface area contributed by atoms with E-state index in [2.05, 4.69) is 33.9 Å². The number of hydrogen-bond donors (Lipinski definition) is 0. The van der Waals surface area contributed by atoms with Gasteiger partial charge >= 0.3 is 0 Å². The van der Waals surface area contributed by atoms with Crippen molar-refractivity contribution >= 4 is 23.3 Å². The van der Waals surface area contributed by atoms with Gasteiger partial charge in [-0.2, -0.15) is 0 Å². The van der Waals surface area contributed by atoms with Gasteiger partial charge in [0.1, 0.15) is 12.1 Å². The summed E-state index contributed by atoms with van der Waals surface area (Å²) in [6, 6.07) is 10.2. The van der Waals surface area contributed by atoms with Crippen LogP contribution in [0.3, 0.4) is 0 Å². The third-order valence-electron chi connectivity index (χ3n) is 6.25. The lowest BCUT2D eigenvalue weighted by molar-refractivity contribution is -0.136. The van der Waals surface area contributed by atoms with Crippen LogP contribution in [0.15, 0.2) is 36.7 Å². The molecule has 1 aromatic carbocycles. The molecular formula is C24H31N5O2. The summed E-state index contributed by atoms with van der Waals surface area (Å²) in [6.07, 6.45) is 5.27. The Morgan fingerprint density at radius 2 is 1.84 bits per heavy atom. The summed E-state index contributed by atoms with van der Waals surface area (Å²) in [6.45, 7) is 7.39. The Kier molecular flexibility index (Phi) is 6.49. The van der Waals surface area contributed by atoms with E-state index in [1.165, 1.54) is 18.4 Å². The summed E-state index contributed by atoms with van der Waals surface area (Å²) in [7, 11) is 0.